The molecular formula is C47H27N3O2. The number of rotatable bonds is 4. The zero-order chi connectivity index (χ0) is 34.2. The van der Waals surface area contributed by atoms with Gasteiger partial charge in [-0.05, 0) is 75.1 Å². The van der Waals surface area contributed by atoms with Crippen molar-refractivity contribution in [2.75, 3.05) is 0 Å². The highest BCUT2D eigenvalue weighted by Gasteiger charge is 2.17. The standard InChI is InChI=1S/C47H27N3O2/c1-2-10-30-25-33(21-19-28(30)9-1)46-48-45(32-12-7-11-31(26-32)35-15-8-18-41-43(35)36-13-3-5-16-39(36)51-41)49-47(50-46)34-22-20-29-23-24-42-44(38(29)27-34)37-14-4-6-17-40(37)52-42/h1-27H. The van der Waals surface area contributed by atoms with Crippen molar-refractivity contribution in [3.63, 3.8) is 0 Å². The molecule has 3 aromatic heterocycles. The Morgan fingerprint density at radius 3 is 1.62 bits per heavy atom. The number of fused-ring (bicyclic) bond motifs is 9. The van der Waals surface area contributed by atoms with Gasteiger partial charge in [0.2, 0.25) is 0 Å². The smallest absolute Gasteiger partial charge is 0.164 e. The molecule has 0 saturated heterocycles. The zero-order valence-electron chi connectivity index (χ0n) is 27.7. The fraction of sp³-hybridized carbons (Fsp3) is 0. The van der Waals surface area contributed by atoms with E-state index in [1.165, 1.54) is 5.39 Å². The zero-order valence-corrected chi connectivity index (χ0v) is 27.7. The van der Waals surface area contributed by atoms with Gasteiger partial charge in [-0.2, -0.15) is 0 Å². The molecule has 0 bridgehead atoms. The first-order chi connectivity index (χ1) is 25.7. The summed E-state index contributed by atoms with van der Waals surface area (Å²) in [6, 6.07) is 56.4. The summed E-state index contributed by atoms with van der Waals surface area (Å²) in [4.78, 5) is 15.4. The van der Waals surface area contributed by atoms with E-state index in [-0.39, 0.29) is 0 Å². The van der Waals surface area contributed by atoms with Gasteiger partial charge in [0.25, 0.3) is 0 Å². The summed E-state index contributed by atoms with van der Waals surface area (Å²) in [7, 11) is 0. The molecule has 11 rings (SSSR count). The predicted octanol–water partition coefficient (Wildman–Crippen LogP) is 12.6. The third-order valence-electron chi connectivity index (χ3n) is 10.1. The van der Waals surface area contributed by atoms with Crippen LogP contribution >= 0.6 is 0 Å². The molecule has 0 fully saturated rings. The molecular weight excluding hydrogens is 639 g/mol. The molecule has 0 spiro atoms. The molecule has 0 aliphatic rings. The molecule has 11 aromatic rings. The molecule has 8 aromatic carbocycles. The summed E-state index contributed by atoms with van der Waals surface area (Å²) >= 11 is 0. The fourth-order valence-electron chi connectivity index (χ4n) is 7.61. The van der Waals surface area contributed by atoms with Gasteiger partial charge >= 0.3 is 0 Å². The van der Waals surface area contributed by atoms with E-state index in [0.717, 1.165) is 87.9 Å². The van der Waals surface area contributed by atoms with Crippen LogP contribution in [0, 0.1) is 0 Å². The first kappa shape index (κ1) is 28.7. The second-order valence-electron chi connectivity index (χ2n) is 13.2. The van der Waals surface area contributed by atoms with Gasteiger partial charge in [0.15, 0.2) is 17.5 Å². The first-order valence-corrected chi connectivity index (χ1v) is 17.3. The van der Waals surface area contributed by atoms with E-state index < -0.39 is 0 Å². The number of para-hydroxylation sites is 2. The summed E-state index contributed by atoms with van der Waals surface area (Å²) in [6.07, 6.45) is 0. The molecule has 0 aliphatic heterocycles. The number of aromatic nitrogens is 3. The molecule has 0 saturated carbocycles. The lowest BCUT2D eigenvalue weighted by atomic mass is 9.97. The van der Waals surface area contributed by atoms with Crippen LogP contribution in [0.15, 0.2) is 173 Å². The molecule has 0 N–H and O–H groups in total. The van der Waals surface area contributed by atoms with Crippen LogP contribution in [0.25, 0.3) is 111 Å². The van der Waals surface area contributed by atoms with Gasteiger partial charge in [-0.15, -0.1) is 0 Å². The topological polar surface area (TPSA) is 65.0 Å². The van der Waals surface area contributed by atoms with Crippen LogP contribution < -0.4 is 0 Å². The van der Waals surface area contributed by atoms with E-state index in [4.69, 9.17) is 23.8 Å². The second kappa shape index (κ2) is 11.2. The van der Waals surface area contributed by atoms with Crippen molar-refractivity contribution in [3.05, 3.63) is 164 Å². The van der Waals surface area contributed by atoms with E-state index in [1.54, 1.807) is 0 Å². The van der Waals surface area contributed by atoms with E-state index in [0.29, 0.717) is 17.5 Å². The molecule has 242 valence electrons. The van der Waals surface area contributed by atoms with Crippen LogP contribution in [-0.2, 0) is 0 Å². The molecule has 0 atom stereocenters. The van der Waals surface area contributed by atoms with Gasteiger partial charge in [-0.3, -0.25) is 0 Å². The molecule has 0 amide bonds. The van der Waals surface area contributed by atoms with E-state index >= 15 is 0 Å². The van der Waals surface area contributed by atoms with Crippen LogP contribution in [0.1, 0.15) is 0 Å². The number of benzene rings is 8. The monoisotopic (exact) mass is 665 g/mol. The highest BCUT2D eigenvalue weighted by atomic mass is 16.3. The highest BCUT2D eigenvalue weighted by Crippen LogP contribution is 2.39. The Kier molecular flexibility index (Phi) is 6.18. The van der Waals surface area contributed by atoms with Gasteiger partial charge in [-0.1, -0.05) is 121 Å². The third kappa shape index (κ3) is 4.53. The molecule has 5 heteroatoms. The van der Waals surface area contributed by atoms with Crippen molar-refractivity contribution in [3.8, 4) is 45.3 Å². The van der Waals surface area contributed by atoms with Crippen LogP contribution in [0.5, 0.6) is 0 Å². The summed E-state index contributed by atoms with van der Waals surface area (Å²) in [5, 5.41) is 8.88. The Morgan fingerprint density at radius 2 is 0.846 bits per heavy atom. The lowest BCUT2D eigenvalue weighted by molar-refractivity contribution is 0.668. The molecule has 0 unspecified atom stereocenters. The molecule has 5 nitrogen and oxygen atoms in total. The van der Waals surface area contributed by atoms with Crippen LogP contribution in [0.2, 0.25) is 0 Å². The third-order valence-corrected chi connectivity index (χ3v) is 10.1. The van der Waals surface area contributed by atoms with E-state index in [1.807, 2.05) is 36.4 Å². The van der Waals surface area contributed by atoms with Crippen molar-refractivity contribution < 1.29 is 8.83 Å². The van der Waals surface area contributed by atoms with Gasteiger partial charge in [0.1, 0.15) is 22.3 Å². The minimum absolute atomic E-state index is 0.603. The average Bonchev–Trinajstić information content (AvgIpc) is 3.79. The van der Waals surface area contributed by atoms with Crippen molar-refractivity contribution in [1.29, 1.82) is 0 Å². The maximum Gasteiger partial charge on any atom is 0.164 e. The van der Waals surface area contributed by atoms with Crippen molar-refractivity contribution in [2.45, 2.75) is 0 Å². The van der Waals surface area contributed by atoms with Crippen molar-refractivity contribution in [2.24, 2.45) is 0 Å². The molecule has 3 heterocycles. The fourth-order valence-corrected chi connectivity index (χ4v) is 7.61. The van der Waals surface area contributed by atoms with Crippen molar-refractivity contribution >= 4 is 65.4 Å². The van der Waals surface area contributed by atoms with Crippen LogP contribution in [-0.4, -0.2) is 15.0 Å². The normalized spacial score (nSPS) is 11.8. The Labute approximate surface area is 297 Å². The minimum atomic E-state index is 0.603. The second-order valence-corrected chi connectivity index (χ2v) is 13.2. The molecule has 0 aliphatic carbocycles. The van der Waals surface area contributed by atoms with Crippen LogP contribution in [0.3, 0.4) is 0 Å². The Hall–Kier alpha value is -7.11. The maximum atomic E-state index is 6.24. The Morgan fingerprint density at radius 1 is 0.308 bits per heavy atom. The summed E-state index contributed by atoms with van der Waals surface area (Å²) in [5.74, 6) is 1.82. The van der Waals surface area contributed by atoms with Gasteiger partial charge < -0.3 is 8.83 Å². The largest absolute Gasteiger partial charge is 0.456 e. The van der Waals surface area contributed by atoms with Crippen molar-refractivity contribution in [1.82, 2.24) is 15.0 Å². The molecule has 52 heavy (non-hydrogen) atoms. The lowest BCUT2D eigenvalue weighted by Gasteiger charge is -2.11. The van der Waals surface area contributed by atoms with Gasteiger partial charge in [0.05, 0.1) is 0 Å². The Balaban J connectivity index is 1.12. The highest BCUT2D eigenvalue weighted by molar-refractivity contribution is 6.19. The minimum Gasteiger partial charge on any atom is -0.456 e. The van der Waals surface area contributed by atoms with Crippen LogP contribution in [0.4, 0.5) is 0 Å². The first-order valence-electron chi connectivity index (χ1n) is 17.3. The van der Waals surface area contributed by atoms with Gasteiger partial charge in [-0.25, -0.2) is 15.0 Å². The number of nitrogens with zero attached hydrogens (tertiary/aromatic N) is 3. The maximum absolute atomic E-state index is 6.24. The summed E-state index contributed by atoms with van der Waals surface area (Å²) in [5.41, 5.74) is 8.35. The lowest BCUT2D eigenvalue weighted by Crippen LogP contribution is -2.00. The van der Waals surface area contributed by atoms with E-state index in [2.05, 4.69) is 127 Å². The number of hydrogen-bond acceptors (Lipinski definition) is 5. The summed E-state index contributed by atoms with van der Waals surface area (Å²) in [6.45, 7) is 0. The quantitative estimate of drug-likeness (QED) is 0.187. The Bertz CT molecular complexity index is 3210. The predicted molar refractivity (Wildman–Crippen MR) is 211 cm³/mol. The van der Waals surface area contributed by atoms with Gasteiger partial charge in [0, 0.05) is 38.2 Å². The number of furan rings is 2. The average molecular weight is 666 g/mol. The van der Waals surface area contributed by atoms with E-state index in [9.17, 15) is 0 Å². The SMILES string of the molecule is c1cc(-c2nc(-c3ccc4ccccc4c3)nc(-c3ccc4ccc5oc6ccccc6c5c4c3)n2)cc(-c2cccc3oc4ccccc4c23)c1. The molecule has 0 radical (unpaired) electrons. The number of hydrogen-bond donors (Lipinski definition) is 0. The summed E-state index contributed by atoms with van der Waals surface area (Å²) < 4.78 is 12.5.